The van der Waals surface area contributed by atoms with E-state index in [0.29, 0.717) is 24.5 Å². The molecule has 0 spiro atoms. The van der Waals surface area contributed by atoms with E-state index >= 15 is 0 Å². The molecule has 2 heterocycles. The summed E-state index contributed by atoms with van der Waals surface area (Å²) in [5, 5.41) is 12.2. The Balaban J connectivity index is 1.94. The molecule has 1 atom stereocenters. The van der Waals surface area contributed by atoms with E-state index < -0.39 is 17.8 Å². The van der Waals surface area contributed by atoms with Gasteiger partial charge in [-0.05, 0) is 31.2 Å². The summed E-state index contributed by atoms with van der Waals surface area (Å²) in [5.41, 5.74) is 1.08. The molecule has 110 valence electrons. The van der Waals surface area contributed by atoms with E-state index in [2.05, 4.69) is 5.32 Å². The zero-order valence-electron chi connectivity index (χ0n) is 11.5. The highest BCUT2D eigenvalue weighted by molar-refractivity contribution is 6.02. The van der Waals surface area contributed by atoms with Crippen LogP contribution in [-0.2, 0) is 11.3 Å². The normalized spacial score (nSPS) is 16.7. The van der Waals surface area contributed by atoms with Crippen LogP contribution in [0.4, 0.5) is 15.8 Å². The molecule has 1 aromatic carbocycles. The second kappa shape index (κ2) is 5.21. The first-order chi connectivity index (χ1) is 10.1. The number of hydrogen-bond donors (Lipinski definition) is 2. The summed E-state index contributed by atoms with van der Waals surface area (Å²) in [6.07, 6.45) is 0.266. The molecule has 0 bridgehead atoms. The minimum absolute atomic E-state index is 0.273. The van der Waals surface area contributed by atoms with Crippen molar-refractivity contribution < 1.29 is 18.7 Å². The third-order valence-corrected chi connectivity index (χ3v) is 3.57. The zero-order valence-corrected chi connectivity index (χ0v) is 11.5. The lowest BCUT2D eigenvalue weighted by Gasteiger charge is -2.23. The smallest absolute Gasteiger partial charge is 0.257 e. The van der Waals surface area contributed by atoms with Gasteiger partial charge in [-0.3, -0.25) is 4.79 Å². The Morgan fingerprint density at radius 3 is 2.95 bits per heavy atom. The van der Waals surface area contributed by atoms with Gasteiger partial charge in [-0.1, -0.05) is 0 Å². The molecular formula is C15H15FN2O3. The first kappa shape index (κ1) is 13.6. The van der Waals surface area contributed by atoms with Crippen LogP contribution >= 0.6 is 0 Å². The highest BCUT2D eigenvalue weighted by atomic mass is 19.1. The number of hydrogen-bond acceptors (Lipinski definition) is 4. The van der Waals surface area contributed by atoms with Gasteiger partial charge in [0.2, 0.25) is 0 Å². The minimum atomic E-state index is -1.30. The van der Waals surface area contributed by atoms with Crippen molar-refractivity contribution >= 4 is 17.3 Å². The fourth-order valence-electron chi connectivity index (χ4n) is 2.45. The summed E-state index contributed by atoms with van der Waals surface area (Å²) in [7, 11) is 0. The van der Waals surface area contributed by atoms with E-state index in [9.17, 15) is 14.3 Å². The molecule has 0 saturated carbocycles. The van der Waals surface area contributed by atoms with Gasteiger partial charge in [0.05, 0.1) is 18.5 Å². The van der Waals surface area contributed by atoms with Crippen molar-refractivity contribution in [2.45, 2.75) is 19.6 Å². The average molecular weight is 290 g/mol. The number of carbonyl (C=O) groups is 1. The van der Waals surface area contributed by atoms with Crippen molar-refractivity contribution in [1.82, 2.24) is 0 Å². The number of carbonyl (C=O) groups excluding carboxylic acids is 1. The predicted molar refractivity (Wildman–Crippen MR) is 75.4 cm³/mol. The lowest BCUT2D eigenvalue weighted by molar-refractivity contribution is -0.123. The van der Waals surface area contributed by atoms with Crippen LogP contribution in [0, 0.1) is 5.82 Å². The lowest BCUT2D eigenvalue weighted by Crippen LogP contribution is -2.23. The number of rotatable bonds is 4. The van der Waals surface area contributed by atoms with Gasteiger partial charge in [-0.25, -0.2) is 4.39 Å². The van der Waals surface area contributed by atoms with Crippen LogP contribution in [0.2, 0.25) is 0 Å². The van der Waals surface area contributed by atoms with E-state index in [4.69, 9.17) is 4.42 Å². The van der Waals surface area contributed by atoms with Crippen LogP contribution in [-0.4, -0.2) is 17.6 Å². The molecule has 5 nitrogen and oxygen atoms in total. The maximum absolute atomic E-state index is 14.3. The molecule has 2 aromatic rings. The van der Waals surface area contributed by atoms with Crippen molar-refractivity contribution in [3.8, 4) is 0 Å². The largest absolute Gasteiger partial charge is 0.467 e. The first-order valence-corrected chi connectivity index (χ1v) is 6.70. The molecule has 2 N–H and O–H groups in total. The van der Waals surface area contributed by atoms with Crippen LogP contribution < -0.4 is 10.2 Å². The van der Waals surface area contributed by atoms with E-state index in [1.54, 1.807) is 23.3 Å². The number of benzene rings is 1. The number of nitrogens with zero attached hydrogens (tertiary/aromatic N) is 1. The van der Waals surface area contributed by atoms with Gasteiger partial charge >= 0.3 is 0 Å². The molecule has 0 radical (unpaired) electrons. The topological polar surface area (TPSA) is 65.7 Å². The van der Waals surface area contributed by atoms with E-state index in [1.165, 1.54) is 6.07 Å². The molecule has 21 heavy (non-hydrogen) atoms. The summed E-state index contributed by atoms with van der Waals surface area (Å²) in [4.78, 5) is 13.2. The molecule has 1 amide bonds. The SMILES string of the molecule is CCN(Cc1ccco1)c1cc2c(cc1F)C(O)C(=O)N2. The third-order valence-electron chi connectivity index (χ3n) is 3.57. The van der Waals surface area contributed by atoms with Crippen molar-refractivity contribution in [2.75, 3.05) is 16.8 Å². The molecule has 1 unspecified atom stereocenters. The molecule has 1 aromatic heterocycles. The highest BCUT2D eigenvalue weighted by Crippen LogP contribution is 2.36. The number of halogens is 1. The maximum Gasteiger partial charge on any atom is 0.257 e. The van der Waals surface area contributed by atoms with Gasteiger partial charge in [0, 0.05) is 17.8 Å². The number of aliphatic hydroxyl groups is 1. The monoisotopic (exact) mass is 290 g/mol. The number of nitrogens with one attached hydrogen (secondary N) is 1. The summed E-state index contributed by atoms with van der Waals surface area (Å²) in [6.45, 7) is 2.91. The molecule has 1 aliphatic heterocycles. The molecule has 0 aliphatic carbocycles. The average Bonchev–Trinajstić information content (AvgIpc) is 3.06. The Kier molecular flexibility index (Phi) is 3.39. The summed E-state index contributed by atoms with van der Waals surface area (Å²) in [5.74, 6) is -0.283. The summed E-state index contributed by atoms with van der Waals surface area (Å²) >= 11 is 0. The van der Waals surface area contributed by atoms with Gasteiger partial charge in [-0.15, -0.1) is 0 Å². The van der Waals surface area contributed by atoms with E-state index in [1.807, 2.05) is 13.0 Å². The number of anilines is 2. The first-order valence-electron chi connectivity index (χ1n) is 6.70. The summed E-state index contributed by atoms with van der Waals surface area (Å²) in [6, 6.07) is 6.35. The van der Waals surface area contributed by atoms with Crippen LogP contribution in [0.5, 0.6) is 0 Å². The minimum Gasteiger partial charge on any atom is -0.467 e. The Labute approximate surface area is 121 Å². The highest BCUT2D eigenvalue weighted by Gasteiger charge is 2.30. The van der Waals surface area contributed by atoms with Crippen molar-refractivity contribution in [3.05, 3.63) is 47.7 Å². The van der Waals surface area contributed by atoms with Crippen LogP contribution in [0.1, 0.15) is 24.4 Å². The number of fused-ring (bicyclic) bond motifs is 1. The standard InChI is InChI=1S/C15H15FN2O3/c1-2-18(8-9-4-3-5-21-9)13-7-12-10(6-11(13)16)14(19)15(20)17-12/h3-7,14,19H,2,8H2,1H3,(H,17,20). The Hall–Kier alpha value is -2.34. The van der Waals surface area contributed by atoms with Crippen molar-refractivity contribution in [2.24, 2.45) is 0 Å². The molecule has 3 rings (SSSR count). The van der Waals surface area contributed by atoms with Crippen LogP contribution in [0.25, 0.3) is 0 Å². The number of aliphatic hydroxyl groups excluding tert-OH is 1. The fourth-order valence-corrected chi connectivity index (χ4v) is 2.45. The van der Waals surface area contributed by atoms with Crippen LogP contribution in [0.3, 0.4) is 0 Å². The Morgan fingerprint density at radius 2 is 2.29 bits per heavy atom. The molecule has 6 heteroatoms. The van der Waals surface area contributed by atoms with Crippen LogP contribution in [0.15, 0.2) is 34.9 Å². The second-order valence-electron chi connectivity index (χ2n) is 4.88. The van der Waals surface area contributed by atoms with E-state index in [0.717, 1.165) is 5.76 Å². The third kappa shape index (κ3) is 2.38. The summed E-state index contributed by atoms with van der Waals surface area (Å²) < 4.78 is 19.6. The van der Waals surface area contributed by atoms with Crippen molar-refractivity contribution in [1.29, 1.82) is 0 Å². The van der Waals surface area contributed by atoms with Gasteiger partial charge < -0.3 is 19.7 Å². The van der Waals surface area contributed by atoms with E-state index in [-0.39, 0.29) is 5.56 Å². The maximum atomic E-state index is 14.3. The zero-order chi connectivity index (χ0) is 15.0. The Bertz CT molecular complexity index is 670. The van der Waals surface area contributed by atoms with Gasteiger partial charge in [0.25, 0.3) is 5.91 Å². The van der Waals surface area contributed by atoms with Gasteiger partial charge in [0.15, 0.2) is 6.10 Å². The molecule has 0 fully saturated rings. The lowest BCUT2D eigenvalue weighted by atomic mass is 10.1. The number of amides is 1. The predicted octanol–water partition coefficient (Wildman–Crippen LogP) is 2.43. The molecule has 1 aliphatic rings. The fraction of sp³-hybridized carbons (Fsp3) is 0.267. The van der Waals surface area contributed by atoms with Gasteiger partial charge in [0.1, 0.15) is 11.6 Å². The molecule has 0 saturated heterocycles. The molecular weight excluding hydrogens is 275 g/mol. The number of furan rings is 1. The van der Waals surface area contributed by atoms with Gasteiger partial charge in [-0.2, -0.15) is 0 Å². The quantitative estimate of drug-likeness (QED) is 0.907. The van der Waals surface area contributed by atoms with Crippen molar-refractivity contribution in [3.63, 3.8) is 0 Å². The second-order valence-corrected chi connectivity index (χ2v) is 4.88. The Morgan fingerprint density at radius 1 is 1.48 bits per heavy atom.